The maximum atomic E-state index is 5.56. The lowest BCUT2D eigenvalue weighted by Crippen LogP contribution is -2.47. The monoisotopic (exact) mass is 398 g/mol. The summed E-state index contributed by atoms with van der Waals surface area (Å²) >= 11 is 0. The third kappa shape index (κ3) is 3.47. The molecule has 0 radical (unpaired) electrons. The fourth-order valence-electron chi connectivity index (χ4n) is 4.26. The Bertz CT molecular complexity index is 1130. The third-order valence-corrected chi connectivity index (χ3v) is 5.81. The first-order chi connectivity index (χ1) is 14.8. The van der Waals surface area contributed by atoms with E-state index in [4.69, 9.17) is 9.72 Å². The van der Waals surface area contributed by atoms with Crippen molar-refractivity contribution < 1.29 is 4.74 Å². The number of para-hydroxylation sites is 4. The molecule has 4 aromatic rings. The molecule has 0 bridgehead atoms. The van der Waals surface area contributed by atoms with Gasteiger partial charge in [-0.15, -0.1) is 0 Å². The molecule has 0 amide bonds. The van der Waals surface area contributed by atoms with Gasteiger partial charge in [-0.25, -0.2) is 4.98 Å². The van der Waals surface area contributed by atoms with Crippen LogP contribution in [0.1, 0.15) is 5.56 Å². The number of nitrogens with zero attached hydrogens (tertiary/aromatic N) is 4. The topological polar surface area (TPSA) is 33.5 Å². The van der Waals surface area contributed by atoms with Gasteiger partial charge in [0.25, 0.3) is 0 Å². The molecule has 5 nitrogen and oxygen atoms in total. The summed E-state index contributed by atoms with van der Waals surface area (Å²) in [5, 5.41) is 0. The maximum Gasteiger partial charge on any atom is 0.206 e. The van der Waals surface area contributed by atoms with E-state index in [2.05, 4.69) is 81.1 Å². The third-order valence-electron chi connectivity index (χ3n) is 5.81. The molecule has 1 aliphatic heterocycles. The zero-order valence-electron chi connectivity index (χ0n) is 17.2. The number of benzene rings is 3. The number of hydrogen-bond donors (Lipinski definition) is 0. The molecule has 1 saturated heterocycles. The molecule has 3 aromatic carbocycles. The predicted molar refractivity (Wildman–Crippen MR) is 123 cm³/mol. The molecule has 0 aliphatic carbocycles. The van der Waals surface area contributed by atoms with Gasteiger partial charge in [0, 0.05) is 26.2 Å². The van der Waals surface area contributed by atoms with Crippen LogP contribution in [0, 0.1) is 0 Å². The van der Waals surface area contributed by atoms with Gasteiger partial charge in [-0.3, -0.25) is 0 Å². The van der Waals surface area contributed by atoms with Gasteiger partial charge in [0.2, 0.25) is 5.95 Å². The Morgan fingerprint density at radius 3 is 2.23 bits per heavy atom. The van der Waals surface area contributed by atoms with E-state index in [1.165, 1.54) is 11.1 Å². The highest BCUT2D eigenvalue weighted by Gasteiger charge is 2.24. The van der Waals surface area contributed by atoms with Crippen LogP contribution in [0.4, 0.5) is 11.6 Å². The minimum absolute atomic E-state index is 0.823. The van der Waals surface area contributed by atoms with Crippen LogP contribution < -0.4 is 14.5 Å². The van der Waals surface area contributed by atoms with Crippen LogP contribution in [0.25, 0.3) is 11.0 Å². The first-order valence-corrected chi connectivity index (χ1v) is 10.5. The van der Waals surface area contributed by atoms with Crippen LogP contribution in [0.2, 0.25) is 0 Å². The minimum atomic E-state index is 0.823. The molecule has 152 valence electrons. The molecule has 1 aromatic heterocycles. The predicted octanol–water partition coefficient (Wildman–Crippen LogP) is 4.42. The second kappa shape index (κ2) is 8.11. The van der Waals surface area contributed by atoms with E-state index in [9.17, 15) is 0 Å². The highest BCUT2D eigenvalue weighted by molar-refractivity contribution is 5.79. The van der Waals surface area contributed by atoms with E-state index in [-0.39, 0.29) is 0 Å². The summed E-state index contributed by atoms with van der Waals surface area (Å²) in [5.74, 6) is 1.99. The fraction of sp³-hybridized carbons (Fsp3) is 0.240. The lowest BCUT2D eigenvalue weighted by atomic mass is 10.2. The molecule has 0 N–H and O–H groups in total. The van der Waals surface area contributed by atoms with Crippen molar-refractivity contribution in [3.63, 3.8) is 0 Å². The molecule has 2 heterocycles. The lowest BCUT2D eigenvalue weighted by Gasteiger charge is -2.37. The standard InChI is InChI=1S/C25H26N4O/c1-30-24-14-8-7-13-23(24)27-15-17-28(18-16-27)25-26-21-11-5-6-12-22(21)29(25)19-20-9-3-2-4-10-20/h2-14H,15-19H2,1H3. The molecule has 5 rings (SSSR count). The number of methoxy groups -OCH3 is 1. The van der Waals surface area contributed by atoms with E-state index in [1.807, 2.05) is 12.1 Å². The van der Waals surface area contributed by atoms with Gasteiger partial charge in [-0.2, -0.15) is 0 Å². The molecule has 1 fully saturated rings. The Kier molecular flexibility index (Phi) is 5.01. The van der Waals surface area contributed by atoms with Crippen molar-refractivity contribution in [3.05, 3.63) is 84.4 Å². The van der Waals surface area contributed by atoms with Gasteiger partial charge < -0.3 is 19.1 Å². The number of hydrogen-bond acceptors (Lipinski definition) is 4. The summed E-state index contributed by atoms with van der Waals surface area (Å²) in [6.45, 7) is 4.56. The molecule has 0 saturated carbocycles. The van der Waals surface area contributed by atoms with Crippen LogP contribution >= 0.6 is 0 Å². The Labute approximate surface area is 177 Å². The number of piperazine rings is 1. The number of rotatable bonds is 5. The second-order valence-electron chi connectivity index (χ2n) is 7.62. The summed E-state index contributed by atoms with van der Waals surface area (Å²) in [6.07, 6.45) is 0. The van der Waals surface area contributed by atoms with E-state index in [0.717, 1.165) is 55.6 Å². The number of anilines is 2. The molecule has 30 heavy (non-hydrogen) atoms. The minimum Gasteiger partial charge on any atom is -0.495 e. The Balaban J connectivity index is 1.42. The highest BCUT2D eigenvalue weighted by Crippen LogP contribution is 2.30. The Hall–Kier alpha value is -3.47. The summed E-state index contributed by atoms with van der Waals surface area (Å²) in [6, 6.07) is 27.3. The first kappa shape index (κ1) is 18.6. The Morgan fingerprint density at radius 1 is 0.767 bits per heavy atom. The van der Waals surface area contributed by atoms with Crippen molar-refractivity contribution in [1.29, 1.82) is 0 Å². The SMILES string of the molecule is COc1ccccc1N1CCN(c2nc3ccccc3n2Cc2ccccc2)CC1. The maximum absolute atomic E-state index is 5.56. The van der Waals surface area contributed by atoms with E-state index >= 15 is 0 Å². The van der Waals surface area contributed by atoms with E-state index in [1.54, 1.807) is 7.11 Å². The molecule has 0 spiro atoms. The molecular weight excluding hydrogens is 372 g/mol. The van der Waals surface area contributed by atoms with Gasteiger partial charge in [0.15, 0.2) is 0 Å². The average Bonchev–Trinajstić information content (AvgIpc) is 3.18. The number of imidazole rings is 1. The quantitative estimate of drug-likeness (QED) is 0.498. The van der Waals surface area contributed by atoms with Crippen LogP contribution in [-0.4, -0.2) is 42.8 Å². The second-order valence-corrected chi connectivity index (χ2v) is 7.62. The number of aromatic nitrogens is 2. The summed E-state index contributed by atoms with van der Waals surface area (Å²) in [7, 11) is 1.74. The summed E-state index contributed by atoms with van der Waals surface area (Å²) in [4.78, 5) is 9.82. The van der Waals surface area contributed by atoms with Crippen LogP contribution in [0.15, 0.2) is 78.9 Å². The van der Waals surface area contributed by atoms with Gasteiger partial charge in [0.05, 0.1) is 30.4 Å². The smallest absolute Gasteiger partial charge is 0.206 e. The van der Waals surface area contributed by atoms with Crippen LogP contribution in [-0.2, 0) is 6.54 Å². The van der Waals surface area contributed by atoms with Crippen molar-refractivity contribution in [3.8, 4) is 5.75 Å². The molecule has 0 unspecified atom stereocenters. The van der Waals surface area contributed by atoms with Gasteiger partial charge >= 0.3 is 0 Å². The van der Waals surface area contributed by atoms with E-state index < -0.39 is 0 Å². The molecule has 0 atom stereocenters. The van der Waals surface area contributed by atoms with Crippen molar-refractivity contribution in [1.82, 2.24) is 9.55 Å². The number of fused-ring (bicyclic) bond motifs is 1. The molecular formula is C25H26N4O. The Morgan fingerprint density at radius 2 is 1.43 bits per heavy atom. The van der Waals surface area contributed by atoms with Crippen LogP contribution in [0.3, 0.4) is 0 Å². The molecule has 1 aliphatic rings. The van der Waals surface area contributed by atoms with E-state index in [0.29, 0.717) is 0 Å². The zero-order valence-corrected chi connectivity index (χ0v) is 17.2. The average molecular weight is 399 g/mol. The number of ether oxygens (including phenoxy) is 1. The lowest BCUT2D eigenvalue weighted by molar-refractivity contribution is 0.413. The van der Waals surface area contributed by atoms with Crippen molar-refractivity contribution in [2.45, 2.75) is 6.54 Å². The van der Waals surface area contributed by atoms with Crippen molar-refractivity contribution >= 4 is 22.7 Å². The van der Waals surface area contributed by atoms with Gasteiger partial charge in [-0.1, -0.05) is 54.6 Å². The fourth-order valence-corrected chi connectivity index (χ4v) is 4.26. The normalized spacial score (nSPS) is 14.3. The van der Waals surface area contributed by atoms with Crippen molar-refractivity contribution in [2.24, 2.45) is 0 Å². The van der Waals surface area contributed by atoms with Crippen LogP contribution in [0.5, 0.6) is 5.75 Å². The highest BCUT2D eigenvalue weighted by atomic mass is 16.5. The summed E-state index contributed by atoms with van der Waals surface area (Å²) < 4.78 is 7.91. The summed E-state index contributed by atoms with van der Waals surface area (Å²) in [5.41, 5.74) is 4.69. The van der Waals surface area contributed by atoms with Gasteiger partial charge in [0.1, 0.15) is 5.75 Å². The molecule has 5 heteroatoms. The van der Waals surface area contributed by atoms with Crippen molar-refractivity contribution in [2.75, 3.05) is 43.1 Å². The first-order valence-electron chi connectivity index (χ1n) is 10.5. The van der Waals surface area contributed by atoms with Gasteiger partial charge in [-0.05, 0) is 29.8 Å². The zero-order chi connectivity index (χ0) is 20.3. The largest absolute Gasteiger partial charge is 0.495 e.